The van der Waals surface area contributed by atoms with Gasteiger partial charge in [0.05, 0.1) is 12.3 Å². The van der Waals surface area contributed by atoms with Crippen molar-refractivity contribution in [2.75, 3.05) is 18.4 Å². The highest BCUT2D eigenvalue weighted by Gasteiger charge is 2.27. The van der Waals surface area contributed by atoms with E-state index < -0.39 is 0 Å². The molecule has 2 N–H and O–H groups in total. The molecular formula is C22H23N3O2. The van der Waals surface area contributed by atoms with Gasteiger partial charge < -0.3 is 15.1 Å². The first-order valence-electron chi connectivity index (χ1n) is 9.24. The molecule has 0 saturated carbocycles. The summed E-state index contributed by atoms with van der Waals surface area (Å²) in [7, 11) is 0. The molecule has 27 heavy (non-hydrogen) atoms. The summed E-state index contributed by atoms with van der Waals surface area (Å²) in [6, 6.07) is 21.6. The summed E-state index contributed by atoms with van der Waals surface area (Å²) >= 11 is 0. The number of benzene rings is 2. The molecule has 0 bridgehead atoms. The van der Waals surface area contributed by atoms with Gasteiger partial charge in [-0.3, -0.25) is 4.90 Å². The number of hydrogen-bond acceptors (Lipinski definition) is 3. The highest BCUT2D eigenvalue weighted by molar-refractivity contribution is 5.89. The van der Waals surface area contributed by atoms with E-state index in [1.807, 2.05) is 42.5 Å². The van der Waals surface area contributed by atoms with Gasteiger partial charge in [0.15, 0.2) is 0 Å². The van der Waals surface area contributed by atoms with Crippen molar-refractivity contribution in [3.05, 3.63) is 89.9 Å². The van der Waals surface area contributed by atoms with E-state index in [1.165, 1.54) is 11.1 Å². The Bertz CT molecular complexity index is 878. The molecule has 2 amide bonds. The highest BCUT2D eigenvalue weighted by Crippen LogP contribution is 2.27. The third kappa shape index (κ3) is 4.20. The van der Waals surface area contributed by atoms with Crippen molar-refractivity contribution >= 4 is 11.7 Å². The molecule has 0 saturated heterocycles. The van der Waals surface area contributed by atoms with E-state index in [0.717, 1.165) is 31.0 Å². The van der Waals surface area contributed by atoms with Crippen LogP contribution < -0.4 is 10.6 Å². The van der Waals surface area contributed by atoms with E-state index in [0.29, 0.717) is 6.54 Å². The second kappa shape index (κ2) is 8.10. The normalized spacial score (nSPS) is 15.0. The molecule has 0 radical (unpaired) electrons. The summed E-state index contributed by atoms with van der Waals surface area (Å²) < 4.78 is 5.67. The van der Waals surface area contributed by atoms with Crippen molar-refractivity contribution in [1.82, 2.24) is 10.2 Å². The molecule has 0 spiro atoms. The molecule has 0 unspecified atom stereocenters. The Morgan fingerprint density at radius 2 is 1.78 bits per heavy atom. The minimum absolute atomic E-state index is 0.00474. The first-order valence-corrected chi connectivity index (χ1v) is 9.24. The average Bonchev–Trinajstić information content (AvgIpc) is 3.23. The Morgan fingerprint density at radius 3 is 2.56 bits per heavy atom. The van der Waals surface area contributed by atoms with Gasteiger partial charge in [0.1, 0.15) is 5.76 Å². The van der Waals surface area contributed by atoms with Crippen LogP contribution in [0.1, 0.15) is 22.9 Å². The number of carbonyl (C=O) groups excluding carboxylic acids is 1. The van der Waals surface area contributed by atoms with E-state index in [1.54, 1.807) is 6.26 Å². The number of urea groups is 1. The molecule has 2 aromatic carbocycles. The zero-order valence-electron chi connectivity index (χ0n) is 15.1. The van der Waals surface area contributed by atoms with Crippen molar-refractivity contribution in [2.24, 2.45) is 0 Å². The molecule has 1 aliphatic rings. The molecule has 1 aliphatic heterocycles. The minimum atomic E-state index is -0.213. The van der Waals surface area contributed by atoms with Crippen LogP contribution >= 0.6 is 0 Å². The number of nitrogens with one attached hydrogen (secondary N) is 2. The van der Waals surface area contributed by atoms with Crippen LogP contribution in [0, 0.1) is 0 Å². The van der Waals surface area contributed by atoms with Crippen molar-refractivity contribution in [3.8, 4) is 0 Å². The second-order valence-corrected chi connectivity index (χ2v) is 6.72. The maximum Gasteiger partial charge on any atom is 0.319 e. The van der Waals surface area contributed by atoms with Crippen LogP contribution in [0.2, 0.25) is 0 Å². The molecule has 1 aromatic heterocycles. The quantitative estimate of drug-likeness (QED) is 0.716. The maximum absolute atomic E-state index is 12.3. The number of anilines is 1. The fourth-order valence-corrected chi connectivity index (χ4v) is 3.56. The van der Waals surface area contributed by atoms with Gasteiger partial charge >= 0.3 is 6.03 Å². The number of fused-ring (bicyclic) bond motifs is 1. The summed E-state index contributed by atoms with van der Waals surface area (Å²) in [6.07, 6.45) is 2.69. The monoisotopic (exact) mass is 361 g/mol. The van der Waals surface area contributed by atoms with Crippen LogP contribution in [0.4, 0.5) is 10.5 Å². The average molecular weight is 361 g/mol. The van der Waals surface area contributed by atoms with Crippen LogP contribution in [0.25, 0.3) is 0 Å². The minimum Gasteiger partial charge on any atom is -0.468 e. The Morgan fingerprint density at radius 1 is 1.00 bits per heavy atom. The van der Waals surface area contributed by atoms with Crippen molar-refractivity contribution in [2.45, 2.75) is 19.0 Å². The standard InChI is InChI=1S/C22H23N3O2/c26-22(24-19-9-2-1-3-10-19)23-15-20(21-11-6-14-27-21)25-13-12-17-7-4-5-8-18(17)16-25/h1-11,14,20H,12-13,15-16H2,(H2,23,24,26)/t20-/m1/s1. The van der Waals surface area contributed by atoms with Gasteiger partial charge in [-0.25, -0.2) is 4.79 Å². The zero-order valence-corrected chi connectivity index (χ0v) is 15.1. The topological polar surface area (TPSA) is 57.5 Å². The van der Waals surface area contributed by atoms with Crippen molar-refractivity contribution < 1.29 is 9.21 Å². The van der Waals surface area contributed by atoms with Crippen molar-refractivity contribution in [1.29, 1.82) is 0 Å². The summed E-state index contributed by atoms with van der Waals surface area (Å²) in [5.41, 5.74) is 3.52. The zero-order chi connectivity index (χ0) is 18.5. The van der Waals surface area contributed by atoms with Gasteiger partial charge in [-0.1, -0.05) is 42.5 Å². The lowest BCUT2D eigenvalue weighted by molar-refractivity contribution is 0.156. The maximum atomic E-state index is 12.3. The van der Waals surface area contributed by atoms with E-state index in [9.17, 15) is 4.79 Å². The summed E-state index contributed by atoms with van der Waals surface area (Å²) in [4.78, 5) is 14.7. The van der Waals surface area contributed by atoms with Gasteiger partial charge in [0, 0.05) is 25.3 Å². The molecule has 5 nitrogen and oxygen atoms in total. The Kier molecular flexibility index (Phi) is 5.21. The Balaban J connectivity index is 1.44. The lowest BCUT2D eigenvalue weighted by Crippen LogP contribution is -2.41. The van der Waals surface area contributed by atoms with Crippen LogP contribution in [0.5, 0.6) is 0 Å². The van der Waals surface area contributed by atoms with Gasteiger partial charge in [-0.05, 0) is 41.8 Å². The van der Waals surface area contributed by atoms with E-state index >= 15 is 0 Å². The number of furan rings is 1. The largest absolute Gasteiger partial charge is 0.468 e. The molecule has 4 rings (SSSR count). The van der Waals surface area contributed by atoms with E-state index in [-0.39, 0.29) is 12.1 Å². The number of amides is 2. The lowest BCUT2D eigenvalue weighted by Gasteiger charge is -2.34. The number of rotatable bonds is 5. The van der Waals surface area contributed by atoms with E-state index in [2.05, 4.69) is 39.8 Å². The van der Waals surface area contributed by atoms with Gasteiger partial charge in [-0.15, -0.1) is 0 Å². The first kappa shape index (κ1) is 17.4. The molecule has 0 fully saturated rings. The Hall–Kier alpha value is -3.05. The number of hydrogen-bond donors (Lipinski definition) is 2. The predicted molar refractivity (Wildman–Crippen MR) is 105 cm³/mol. The fraction of sp³-hybridized carbons (Fsp3) is 0.227. The summed E-state index contributed by atoms with van der Waals surface area (Å²) in [5, 5.41) is 5.85. The lowest BCUT2D eigenvalue weighted by atomic mass is 9.98. The Labute approximate surface area is 159 Å². The number of nitrogens with zero attached hydrogens (tertiary/aromatic N) is 1. The van der Waals surface area contributed by atoms with Crippen LogP contribution in [-0.2, 0) is 13.0 Å². The number of para-hydroxylation sites is 1. The van der Waals surface area contributed by atoms with Gasteiger partial charge in [0.25, 0.3) is 0 Å². The summed E-state index contributed by atoms with van der Waals surface area (Å²) in [5.74, 6) is 0.870. The van der Waals surface area contributed by atoms with Gasteiger partial charge in [-0.2, -0.15) is 0 Å². The van der Waals surface area contributed by atoms with Crippen LogP contribution in [0.3, 0.4) is 0 Å². The number of carbonyl (C=O) groups is 1. The second-order valence-electron chi connectivity index (χ2n) is 6.72. The molecule has 0 aliphatic carbocycles. The molecular weight excluding hydrogens is 338 g/mol. The SMILES string of the molecule is O=C(NC[C@H](c1ccco1)N1CCc2ccccc2C1)Nc1ccccc1. The van der Waals surface area contributed by atoms with Crippen LogP contribution in [0.15, 0.2) is 77.4 Å². The third-order valence-corrected chi connectivity index (χ3v) is 4.96. The summed E-state index contributed by atoms with van der Waals surface area (Å²) in [6.45, 7) is 2.27. The third-order valence-electron chi connectivity index (χ3n) is 4.96. The smallest absolute Gasteiger partial charge is 0.319 e. The van der Waals surface area contributed by atoms with Crippen LogP contribution in [-0.4, -0.2) is 24.0 Å². The first-order chi connectivity index (χ1) is 13.3. The van der Waals surface area contributed by atoms with E-state index in [4.69, 9.17) is 4.42 Å². The molecule has 2 heterocycles. The fourth-order valence-electron chi connectivity index (χ4n) is 3.56. The molecule has 5 heteroatoms. The van der Waals surface area contributed by atoms with Gasteiger partial charge in [0.2, 0.25) is 0 Å². The molecule has 3 aromatic rings. The highest BCUT2D eigenvalue weighted by atomic mass is 16.3. The molecule has 1 atom stereocenters. The predicted octanol–water partition coefficient (Wildman–Crippen LogP) is 4.20. The van der Waals surface area contributed by atoms with Crippen molar-refractivity contribution in [3.63, 3.8) is 0 Å². The molecule has 138 valence electrons.